The van der Waals surface area contributed by atoms with E-state index in [1.54, 1.807) is 6.92 Å². The van der Waals surface area contributed by atoms with Gasteiger partial charge < -0.3 is 9.31 Å². The molecule has 2 N–H and O–H groups in total. The largest absolute Gasteiger partial charge is 0.398 e. The van der Waals surface area contributed by atoms with Crippen LogP contribution in [0.25, 0.3) is 0 Å². The van der Waals surface area contributed by atoms with Gasteiger partial charge >= 0.3 is 15.0 Å². The van der Waals surface area contributed by atoms with Crippen molar-refractivity contribution in [3.63, 3.8) is 0 Å². The average molecular weight is 365 g/mol. The second-order valence-corrected chi connectivity index (χ2v) is 9.49. The van der Waals surface area contributed by atoms with E-state index in [1.807, 2.05) is 0 Å². The summed E-state index contributed by atoms with van der Waals surface area (Å²) in [6.45, 7) is 15.0. The smallest absolute Gasteiger partial charge is 0.314 e. The van der Waals surface area contributed by atoms with Crippen molar-refractivity contribution in [2.24, 2.45) is 5.73 Å². The summed E-state index contributed by atoms with van der Waals surface area (Å²) in [5, 5.41) is 0. The maximum atomic E-state index is 6.17. The Hall–Kier alpha value is -1.55. The fourth-order valence-electron chi connectivity index (χ4n) is 2.70. The molecular formula is C22H33B2NO2. The zero-order chi connectivity index (χ0) is 20.3. The Morgan fingerprint density at radius 3 is 1.15 bits per heavy atom. The molecule has 0 aliphatic carbocycles. The topological polar surface area (TPSA) is 44.5 Å². The van der Waals surface area contributed by atoms with E-state index in [4.69, 9.17) is 15.0 Å². The fourth-order valence-corrected chi connectivity index (χ4v) is 2.70. The highest BCUT2D eigenvalue weighted by Gasteiger charge is 2.21. The Morgan fingerprint density at radius 1 is 0.593 bits per heavy atom. The standard InChI is InChI=1S/C22H33B2NO2/c1-20(2,3)16-8-12-18(13-9-16)23-26-22(7,25)27-24-19-14-10-17(11-15-19)21(4,5)6/h8-15,23-24H,25H2,1-7H3. The van der Waals surface area contributed by atoms with Gasteiger partial charge in [-0.15, -0.1) is 0 Å². The Morgan fingerprint density at radius 2 is 0.889 bits per heavy atom. The van der Waals surface area contributed by atoms with Gasteiger partial charge in [0.2, 0.25) is 0 Å². The molecule has 0 bridgehead atoms. The van der Waals surface area contributed by atoms with Crippen LogP contribution in [-0.4, -0.2) is 20.9 Å². The molecule has 2 aromatic carbocycles. The van der Waals surface area contributed by atoms with E-state index in [0.29, 0.717) is 15.0 Å². The first-order chi connectivity index (χ1) is 12.4. The highest BCUT2D eigenvalue weighted by atomic mass is 16.7. The second kappa shape index (κ2) is 8.22. The number of nitrogens with two attached hydrogens (primary N) is 1. The summed E-state index contributed by atoms with van der Waals surface area (Å²) in [5.74, 6) is -1.13. The third-order valence-electron chi connectivity index (χ3n) is 4.69. The lowest BCUT2D eigenvalue weighted by atomic mass is 9.81. The van der Waals surface area contributed by atoms with Gasteiger partial charge in [0.1, 0.15) is 0 Å². The Kier molecular flexibility index (Phi) is 6.62. The molecule has 0 radical (unpaired) electrons. The van der Waals surface area contributed by atoms with Crippen LogP contribution in [0.1, 0.15) is 59.6 Å². The van der Waals surface area contributed by atoms with E-state index < -0.39 is 5.91 Å². The highest BCUT2D eigenvalue weighted by molar-refractivity contribution is 6.48. The maximum absolute atomic E-state index is 6.17. The molecule has 0 heterocycles. The van der Waals surface area contributed by atoms with E-state index in [0.717, 1.165) is 10.9 Å². The lowest BCUT2D eigenvalue weighted by molar-refractivity contribution is -0.0881. The number of hydrogen-bond acceptors (Lipinski definition) is 3. The van der Waals surface area contributed by atoms with Crippen molar-refractivity contribution in [3.05, 3.63) is 59.7 Å². The van der Waals surface area contributed by atoms with Gasteiger partial charge in [0.15, 0.2) is 5.91 Å². The normalized spacial score (nSPS) is 12.7. The first-order valence-electron chi connectivity index (χ1n) is 9.62. The summed E-state index contributed by atoms with van der Waals surface area (Å²) < 4.78 is 11.6. The van der Waals surface area contributed by atoms with Crippen LogP contribution in [0, 0.1) is 0 Å². The summed E-state index contributed by atoms with van der Waals surface area (Å²) in [4.78, 5) is 0. The van der Waals surface area contributed by atoms with Crippen molar-refractivity contribution in [1.82, 2.24) is 0 Å². The molecule has 0 aliphatic heterocycles. The molecule has 0 aromatic heterocycles. The third-order valence-corrected chi connectivity index (χ3v) is 4.69. The van der Waals surface area contributed by atoms with Crippen molar-refractivity contribution < 1.29 is 9.31 Å². The molecule has 0 spiro atoms. The van der Waals surface area contributed by atoms with Gasteiger partial charge in [0, 0.05) is 6.92 Å². The zero-order valence-electron chi connectivity index (χ0n) is 17.9. The van der Waals surface area contributed by atoms with Crippen molar-refractivity contribution in [2.45, 2.75) is 65.2 Å². The van der Waals surface area contributed by atoms with E-state index in [2.05, 4.69) is 90.1 Å². The van der Waals surface area contributed by atoms with Gasteiger partial charge in [0.05, 0.1) is 0 Å². The monoisotopic (exact) mass is 365 g/mol. The zero-order valence-corrected chi connectivity index (χ0v) is 17.9. The van der Waals surface area contributed by atoms with Gasteiger partial charge in [0.25, 0.3) is 0 Å². The predicted octanol–water partition coefficient (Wildman–Crippen LogP) is 2.60. The molecule has 3 nitrogen and oxygen atoms in total. The van der Waals surface area contributed by atoms with E-state index in [-0.39, 0.29) is 10.8 Å². The molecule has 0 amide bonds. The van der Waals surface area contributed by atoms with E-state index in [9.17, 15) is 0 Å². The fraction of sp³-hybridized carbons (Fsp3) is 0.455. The highest BCUT2D eigenvalue weighted by Crippen LogP contribution is 2.21. The lowest BCUT2D eigenvalue weighted by Gasteiger charge is -2.26. The SMILES string of the molecule is CC(N)(OBc1ccc(C(C)(C)C)cc1)OBc1ccc(C(C)(C)C)cc1. The number of benzene rings is 2. The molecule has 0 aliphatic rings. The van der Waals surface area contributed by atoms with Crippen LogP contribution in [0.4, 0.5) is 0 Å². The first kappa shape index (κ1) is 21.7. The van der Waals surface area contributed by atoms with Crippen molar-refractivity contribution >= 4 is 25.9 Å². The maximum Gasteiger partial charge on any atom is 0.314 e. The molecular weight excluding hydrogens is 332 g/mol. The summed E-state index contributed by atoms with van der Waals surface area (Å²) in [6.07, 6.45) is 0. The lowest BCUT2D eigenvalue weighted by Crippen LogP contribution is -2.47. The molecule has 2 rings (SSSR count). The predicted molar refractivity (Wildman–Crippen MR) is 119 cm³/mol. The van der Waals surface area contributed by atoms with Crippen LogP contribution in [0.3, 0.4) is 0 Å². The van der Waals surface area contributed by atoms with Crippen LogP contribution in [-0.2, 0) is 20.1 Å². The van der Waals surface area contributed by atoms with Crippen molar-refractivity contribution in [1.29, 1.82) is 0 Å². The minimum atomic E-state index is -1.13. The Balaban J connectivity index is 1.87. The number of rotatable bonds is 6. The Labute approximate surface area is 166 Å². The van der Waals surface area contributed by atoms with Crippen LogP contribution >= 0.6 is 0 Å². The molecule has 27 heavy (non-hydrogen) atoms. The van der Waals surface area contributed by atoms with Gasteiger partial charge in [-0.05, 0) is 22.0 Å². The van der Waals surface area contributed by atoms with Gasteiger partial charge in [-0.3, -0.25) is 5.73 Å². The summed E-state index contributed by atoms with van der Waals surface area (Å²) in [7, 11) is 0.834. The molecule has 0 saturated heterocycles. The van der Waals surface area contributed by atoms with Crippen LogP contribution in [0.15, 0.2) is 48.5 Å². The molecule has 0 fully saturated rings. The van der Waals surface area contributed by atoms with Crippen molar-refractivity contribution in [2.75, 3.05) is 0 Å². The number of hydrogen-bond donors (Lipinski definition) is 1. The Bertz CT molecular complexity index is 663. The first-order valence-corrected chi connectivity index (χ1v) is 9.62. The van der Waals surface area contributed by atoms with Crippen LogP contribution < -0.4 is 16.7 Å². The average Bonchev–Trinajstić information content (AvgIpc) is 2.58. The summed E-state index contributed by atoms with van der Waals surface area (Å²) in [5.41, 5.74) is 11.2. The van der Waals surface area contributed by atoms with Crippen molar-refractivity contribution in [3.8, 4) is 0 Å². The molecule has 0 saturated carbocycles. The quantitative estimate of drug-likeness (QED) is 0.632. The third kappa shape index (κ3) is 6.84. The van der Waals surface area contributed by atoms with Gasteiger partial charge in [-0.1, -0.05) is 101 Å². The molecule has 5 heteroatoms. The minimum Gasteiger partial charge on any atom is -0.398 e. The molecule has 0 atom stereocenters. The van der Waals surface area contributed by atoms with Crippen LogP contribution in [0.5, 0.6) is 0 Å². The van der Waals surface area contributed by atoms with E-state index >= 15 is 0 Å². The van der Waals surface area contributed by atoms with Gasteiger partial charge in [-0.25, -0.2) is 0 Å². The van der Waals surface area contributed by atoms with E-state index in [1.165, 1.54) is 11.1 Å². The minimum absolute atomic E-state index is 0.146. The molecule has 2 aromatic rings. The van der Waals surface area contributed by atoms with Gasteiger partial charge in [-0.2, -0.15) is 0 Å². The summed E-state index contributed by atoms with van der Waals surface area (Å²) in [6, 6.07) is 16.9. The second-order valence-electron chi connectivity index (χ2n) is 9.49. The van der Waals surface area contributed by atoms with Crippen LogP contribution in [0.2, 0.25) is 0 Å². The molecule has 144 valence electrons. The summed E-state index contributed by atoms with van der Waals surface area (Å²) >= 11 is 0. The molecule has 0 unspecified atom stereocenters.